The molecule has 1 aliphatic carbocycles. The first kappa shape index (κ1) is 25.2. The first-order chi connectivity index (χ1) is 17.7. The quantitative estimate of drug-likeness (QED) is 0.337. The molecule has 36 heavy (non-hydrogen) atoms. The van der Waals surface area contributed by atoms with Gasteiger partial charge in [0.25, 0.3) is 0 Å². The fourth-order valence-corrected chi connectivity index (χ4v) is 5.41. The number of ether oxygens (including phenoxy) is 5. The summed E-state index contributed by atoms with van der Waals surface area (Å²) in [6.45, 7) is 3.62. The molecule has 0 N–H and O–H groups in total. The number of nitrogens with zero attached hydrogens (tertiary/aromatic N) is 3. The number of fused-ring (bicyclic) bond motifs is 1. The van der Waals surface area contributed by atoms with E-state index in [0.29, 0.717) is 19.1 Å². The normalized spacial score (nSPS) is 16.4. The number of pyridine rings is 1. The van der Waals surface area contributed by atoms with Crippen LogP contribution in [0.1, 0.15) is 24.8 Å². The zero-order chi connectivity index (χ0) is 25.1. The van der Waals surface area contributed by atoms with Gasteiger partial charge in [0.2, 0.25) is 0 Å². The van der Waals surface area contributed by atoms with Crippen LogP contribution >= 0.6 is 11.8 Å². The van der Waals surface area contributed by atoms with E-state index in [2.05, 4.69) is 29.4 Å². The van der Waals surface area contributed by atoms with Crippen molar-refractivity contribution < 1.29 is 23.7 Å². The van der Waals surface area contributed by atoms with Crippen LogP contribution in [0.5, 0.6) is 11.5 Å². The minimum absolute atomic E-state index is 0.223. The second kappa shape index (κ2) is 11.3. The second-order valence-corrected chi connectivity index (χ2v) is 10.0. The molecule has 0 amide bonds. The van der Waals surface area contributed by atoms with Crippen LogP contribution in [0.25, 0.3) is 16.8 Å². The van der Waals surface area contributed by atoms with E-state index >= 15 is 0 Å². The molecule has 0 bridgehead atoms. The Morgan fingerprint density at radius 3 is 2.39 bits per heavy atom. The van der Waals surface area contributed by atoms with Crippen LogP contribution in [0.15, 0.2) is 35.4 Å². The lowest BCUT2D eigenvalue weighted by Gasteiger charge is -2.31. The summed E-state index contributed by atoms with van der Waals surface area (Å²) in [6, 6.07) is 10.3. The molecule has 3 heterocycles. The summed E-state index contributed by atoms with van der Waals surface area (Å²) in [4.78, 5) is 2.42. The Balaban J connectivity index is 1.63. The molecule has 0 atom stereocenters. The third-order valence-electron chi connectivity index (χ3n) is 6.68. The fraction of sp³-hybridized carbons (Fsp3) is 0.519. The van der Waals surface area contributed by atoms with E-state index in [0.717, 1.165) is 70.7 Å². The Kier molecular flexibility index (Phi) is 7.90. The Morgan fingerprint density at radius 1 is 1.06 bits per heavy atom. The molecule has 2 aromatic heterocycles. The van der Waals surface area contributed by atoms with Gasteiger partial charge in [-0.25, -0.2) is 4.52 Å². The summed E-state index contributed by atoms with van der Waals surface area (Å²) >= 11 is 1.66. The van der Waals surface area contributed by atoms with Crippen LogP contribution in [0.2, 0.25) is 0 Å². The van der Waals surface area contributed by atoms with Crippen molar-refractivity contribution in [3.05, 3.63) is 35.9 Å². The number of hydrogen-bond donors (Lipinski definition) is 0. The first-order valence-corrected chi connectivity index (χ1v) is 13.7. The van der Waals surface area contributed by atoms with Gasteiger partial charge in [-0.2, -0.15) is 5.10 Å². The van der Waals surface area contributed by atoms with E-state index in [1.54, 1.807) is 33.1 Å². The summed E-state index contributed by atoms with van der Waals surface area (Å²) in [6.07, 6.45) is 5.34. The highest BCUT2D eigenvalue weighted by atomic mass is 32.2. The van der Waals surface area contributed by atoms with Gasteiger partial charge in [-0.05, 0) is 61.3 Å². The van der Waals surface area contributed by atoms with Gasteiger partial charge >= 0.3 is 0 Å². The maximum atomic E-state index is 5.94. The molecule has 1 saturated carbocycles. The van der Waals surface area contributed by atoms with Crippen molar-refractivity contribution in [1.29, 1.82) is 0 Å². The average molecular weight is 514 g/mol. The molecule has 194 valence electrons. The standard InChI is InChI=1S/C27H35N3O5S/c1-31-17-19-13-22(32-2)25(23(14-19)33-3)20-7-5-8-21-26(27(36-4)28-30(20)21)29(15-18-9-10-18)16-24-34-11-6-12-35-24/h5,7-8,13-14,18,24H,6,9-12,15-17H2,1-4H3. The van der Waals surface area contributed by atoms with E-state index in [4.69, 9.17) is 28.8 Å². The summed E-state index contributed by atoms with van der Waals surface area (Å²) in [5.74, 6) is 2.14. The van der Waals surface area contributed by atoms with Crippen molar-refractivity contribution >= 4 is 23.0 Å². The highest BCUT2D eigenvalue weighted by molar-refractivity contribution is 7.98. The molecule has 5 rings (SSSR count). The third-order valence-corrected chi connectivity index (χ3v) is 7.35. The highest BCUT2D eigenvalue weighted by Crippen LogP contribution is 2.43. The molecular weight excluding hydrogens is 478 g/mol. The lowest BCUT2D eigenvalue weighted by atomic mass is 10.0. The molecule has 8 nitrogen and oxygen atoms in total. The number of thioether (sulfide) groups is 1. The van der Waals surface area contributed by atoms with Crippen LogP contribution in [0, 0.1) is 5.92 Å². The maximum absolute atomic E-state index is 5.94. The Labute approximate surface area is 216 Å². The summed E-state index contributed by atoms with van der Waals surface area (Å²) in [5.41, 5.74) is 4.92. The molecule has 9 heteroatoms. The van der Waals surface area contributed by atoms with Crippen LogP contribution in [0.3, 0.4) is 0 Å². The Hall–Kier alpha value is -2.46. The topological polar surface area (TPSA) is 66.7 Å². The van der Waals surface area contributed by atoms with Crippen molar-refractivity contribution in [3.63, 3.8) is 0 Å². The van der Waals surface area contributed by atoms with Crippen LogP contribution in [0.4, 0.5) is 5.69 Å². The summed E-state index contributed by atoms with van der Waals surface area (Å²) < 4.78 is 30.9. The molecule has 1 saturated heterocycles. The van der Waals surface area contributed by atoms with E-state index in [-0.39, 0.29) is 6.29 Å². The SMILES string of the molecule is COCc1cc(OC)c(-c2cccc3c(N(CC4CC4)CC4OCCCO4)c(SC)nn23)c(OC)c1. The van der Waals surface area contributed by atoms with Crippen molar-refractivity contribution in [1.82, 2.24) is 9.61 Å². The van der Waals surface area contributed by atoms with E-state index < -0.39 is 0 Å². The van der Waals surface area contributed by atoms with Gasteiger partial charge in [0.05, 0.1) is 63.0 Å². The smallest absolute Gasteiger partial charge is 0.174 e. The molecule has 1 aromatic carbocycles. The van der Waals surface area contributed by atoms with Crippen molar-refractivity contribution in [3.8, 4) is 22.8 Å². The van der Waals surface area contributed by atoms with Crippen LogP contribution in [-0.4, -0.2) is 69.8 Å². The van der Waals surface area contributed by atoms with Crippen molar-refractivity contribution in [2.45, 2.75) is 37.2 Å². The second-order valence-electron chi connectivity index (χ2n) is 9.25. The van der Waals surface area contributed by atoms with E-state index in [1.165, 1.54) is 12.8 Å². The minimum Gasteiger partial charge on any atom is -0.496 e. The molecule has 3 aromatic rings. The van der Waals surface area contributed by atoms with E-state index in [9.17, 15) is 0 Å². The summed E-state index contributed by atoms with van der Waals surface area (Å²) in [5, 5.41) is 6.06. The number of methoxy groups -OCH3 is 3. The predicted molar refractivity (Wildman–Crippen MR) is 141 cm³/mol. The predicted octanol–water partition coefficient (Wildman–Crippen LogP) is 4.87. The monoisotopic (exact) mass is 513 g/mol. The van der Waals surface area contributed by atoms with Gasteiger partial charge in [-0.1, -0.05) is 6.07 Å². The van der Waals surface area contributed by atoms with Gasteiger partial charge in [0.1, 0.15) is 16.5 Å². The zero-order valence-electron chi connectivity index (χ0n) is 21.5. The highest BCUT2D eigenvalue weighted by Gasteiger charge is 2.31. The minimum atomic E-state index is -0.223. The van der Waals surface area contributed by atoms with Crippen LogP contribution < -0.4 is 14.4 Å². The molecular formula is C27H35N3O5S. The lowest BCUT2D eigenvalue weighted by molar-refractivity contribution is -0.172. The molecule has 2 fully saturated rings. The summed E-state index contributed by atoms with van der Waals surface area (Å²) in [7, 11) is 5.04. The first-order valence-electron chi connectivity index (χ1n) is 12.4. The lowest BCUT2D eigenvalue weighted by Crippen LogP contribution is -2.39. The fourth-order valence-electron chi connectivity index (χ4n) is 4.82. The van der Waals surface area contributed by atoms with E-state index in [1.807, 2.05) is 16.6 Å². The molecule has 0 unspecified atom stereocenters. The average Bonchev–Trinajstić information content (AvgIpc) is 3.64. The molecule has 0 radical (unpaired) electrons. The number of anilines is 1. The largest absolute Gasteiger partial charge is 0.496 e. The van der Waals surface area contributed by atoms with Gasteiger partial charge in [-0.3, -0.25) is 0 Å². The van der Waals surface area contributed by atoms with Crippen molar-refractivity contribution in [2.24, 2.45) is 5.92 Å². The molecule has 0 spiro atoms. The van der Waals surface area contributed by atoms with Gasteiger partial charge in [0.15, 0.2) is 6.29 Å². The number of benzene rings is 1. The third kappa shape index (κ3) is 5.16. The number of hydrogen-bond acceptors (Lipinski definition) is 8. The van der Waals surface area contributed by atoms with Gasteiger partial charge < -0.3 is 28.6 Å². The number of aromatic nitrogens is 2. The Bertz CT molecular complexity index is 1160. The Morgan fingerprint density at radius 2 is 1.78 bits per heavy atom. The maximum Gasteiger partial charge on any atom is 0.174 e. The zero-order valence-corrected chi connectivity index (χ0v) is 22.3. The number of rotatable bonds is 11. The molecule has 2 aliphatic rings. The van der Waals surface area contributed by atoms with Crippen LogP contribution in [-0.2, 0) is 20.8 Å². The van der Waals surface area contributed by atoms with Gasteiger partial charge in [-0.15, -0.1) is 11.8 Å². The molecule has 1 aliphatic heterocycles. The van der Waals surface area contributed by atoms with Gasteiger partial charge in [0, 0.05) is 13.7 Å². The van der Waals surface area contributed by atoms with Crippen molar-refractivity contribution in [2.75, 3.05) is 58.8 Å².